The second-order valence-electron chi connectivity index (χ2n) is 5.05. The van der Waals surface area contributed by atoms with E-state index in [0.29, 0.717) is 0 Å². The standard InChI is InChI=1S/C17H24N2O/c1-3-16-15(13-20)17(4-2)19(18-16)12-8-11-14-9-6-5-7-10-14/h5-7,9-10,20H,3-4,8,11-13H2,1-2H3. The number of rotatable bonds is 7. The van der Waals surface area contributed by atoms with Crippen molar-refractivity contribution in [3.63, 3.8) is 0 Å². The first kappa shape index (κ1) is 14.8. The van der Waals surface area contributed by atoms with E-state index in [1.165, 1.54) is 11.3 Å². The Labute approximate surface area is 121 Å². The zero-order valence-corrected chi connectivity index (χ0v) is 12.5. The number of aromatic nitrogens is 2. The van der Waals surface area contributed by atoms with Crippen LogP contribution >= 0.6 is 0 Å². The molecule has 0 radical (unpaired) electrons. The molecule has 1 aromatic carbocycles. The zero-order valence-electron chi connectivity index (χ0n) is 12.5. The first-order chi connectivity index (χ1) is 9.80. The summed E-state index contributed by atoms with van der Waals surface area (Å²) in [5.74, 6) is 0. The number of nitrogens with zero attached hydrogens (tertiary/aromatic N) is 2. The highest BCUT2D eigenvalue weighted by molar-refractivity contribution is 5.26. The number of aliphatic hydroxyl groups excluding tert-OH is 1. The topological polar surface area (TPSA) is 38.0 Å². The van der Waals surface area contributed by atoms with E-state index < -0.39 is 0 Å². The number of aryl methyl sites for hydroxylation is 3. The fraction of sp³-hybridized carbons (Fsp3) is 0.471. The summed E-state index contributed by atoms with van der Waals surface area (Å²) in [6.45, 7) is 5.24. The summed E-state index contributed by atoms with van der Waals surface area (Å²) in [6, 6.07) is 10.5. The van der Waals surface area contributed by atoms with Gasteiger partial charge in [0.1, 0.15) is 0 Å². The van der Waals surface area contributed by atoms with E-state index in [-0.39, 0.29) is 6.61 Å². The molecule has 3 heteroatoms. The van der Waals surface area contributed by atoms with Gasteiger partial charge in [-0.1, -0.05) is 44.2 Å². The molecule has 0 aliphatic rings. The number of benzene rings is 1. The quantitative estimate of drug-likeness (QED) is 0.841. The Kier molecular flexibility index (Phi) is 5.36. The van der Waals surface area contributed by atoms with Crippen LogP contribution in [0.2, 0.25) is 0 Å². The van der Waals surface area contributed by atoms with E-state index in [1.54, 1.807) is 0 Å². The van der Waals surface area contributed by atoms with Gasteiger partial charge < -0.3 is 5.11 Å². The zero-order chi connectivity index (χ0) is 14.4. The van der Waals surface area contributed by atoms with Gasteiger partial charge in [-0.15, -0.1) is 0 Å². The van der Waals surface area contributed by atoms with E-state index >= 15 is 0 Å². The third-order valence-electron chi connectivity index (χ3n) is 3.76. The van der Waals surface area contributed by atoms with Crippen molar-refractivity contribution < 1.29 is 5.11 Å². The first-order valence-electron chi connectivity index (χ1n) is 7.52. The summed E-state index contributed by atoms with van der Waals surface area (Å²) < 4.78 is 2.09. The summed E-state index contributed by atoms with van der Waals surface area (Å²) in [5.41, 5.74) is 4.65. The van der Waals surface area contributed by atoms with Crippen LogP contribution in [0.15, 0.2) is 30.3 Å². The fourth-order valence-electron chi connectivity index (χ4n) is 2.71. The molecular weight excluding hydrogens is 248 g/mol. The lowest BCUT2D eigenvalue weighted by Gasteiger charge is -2.07. The Hall–Kier alpha value is -1.61. The summed E-state index contributed by atoms with van der Waals surface area (Å²) in [7, 11) is 0. The van der Waals surface area contributed by atoms with Crippen molar-refractivity contribution in [2.24, 2.45) is 0 Å². The van der Waals surface area contributed by atoms with Crippen molar-refractivity contribution in [3.05, 3.63) is 52.8 Å². The fourth-order valence-corrected chi connectivity index (χ4v) is 2.71. The lowest BCUT2D eigenvalue weighted by Crippen LogP contribution is -2.06. The van der Waals surface area contributed by atoms with Gasteiger partial charge in [-0.25, -0.2) is 0 Å². The minimum absolute atomic E-state index is 0.102. The van der Waals surface area contributed by atoms with E-state index in [1.807, 2.05) is 6.07 Å². The van der Waals surface area contributed by atoms with Crippen molar-refractivity contribution in [2.45, 2.75) is 52.7 Å². The lowest BCUT2D eigenvalue weighted by atomic mass is 10.1. The van der Waals surface area contributed by atoms with Crippen molar-refractivity contribution in [1.82, 2.24) is 9.78 Å². The molecule has 0 fully saturated rings. The van der Waals surface area contributed by atoms with Gasteiger partial charge in [0.2, 0.25) is 0 Å². The molecule has 1 aromatic heterocycles. The van der Waals surface area contributed by atoms with Crippen LogP contribution in [0, 0.1) is 0 Å². The minimum Gasteiger partial charge on any atom is -0.392 e. The van der Waals surface area contributed by atoms with Crippen molar-refractivity contribution in [3.8, 4) is 0 Å². The molecule has 0 saturated heterocycles. The molecule has 20 heavy (non-hydrogen) atoms. The van der Waals surface area contributed by atoms with Gasteiger partial charge in [0.05, 0.1) is 12.3 Å². The Morgan fingerprint density at radius 2 is 1.85 bits per heavy atom. The van der Waals surface area contributed by atoms with Gasteiger partial charge in [0.25, 0.3) is 0 Å². The number of hydrogen-bond donors (Lipinski definition) is 1. The highest BCUT2D eigenvalue weighted by Gasteiger charge is 2.14. The maximum atomic E-state index is 9.52. The van der Waals surface area contributed by atoms with Crippen LogP contribution in [-0.4, -0.2) is 14.9 Å². The van der Waals surface area contributed by atoms with Crippen LogP contribution in [0.5, 0.6) is 0 Å². The Morgan fingerprint density at radius 3 is 2.45 bits per heavy atom. The highest BCUT2D eigenvalue weighted by Crippen LogP contribution is 2.17. The van der Waals surface area contributed by atoms with Crippen LogP contribution in [0.3, 0.4) is 0 Å². The van der Waals surface area contributed by atoms with Gasteiger partial charge in [-0.05, 0) is 31.2 Å². The Balaban J connectivity index is 2.04. The molecular formula is C17H24N2O. The van der Waals surface area contributed by atoms with Crippen molar-refractivity contribution >= 4 is 0 Å². The maximum Gasteiger partial charge on any atom is 0.0718 e. The van der Waals surface area contributed by atoms with Crippen molar-refractivity contribution in [1.29, 1.82) is 0 Å². The van der Waals surface area contributed by atoms with Gasteiger partial charge in [0, 0.05) is 17.8 Å². The second-order valence-corrected chi connectivity index (χ2v) is 5.05. The molecule has 0 unspecified atom stereocenters. The smallest absolute Gasteiger partial charge is 0.0718 e. The summed E-state index contributed by atoms with van der Waals surface area (Å²) in [6.07, 6.45) is 3.95. The van der Waals surface area contributed by atoms with E-state index in [4.69, 9.17) is 0 Å². The van der Waals surface area contributed by atoms with Crippen LogP contribution in [-0.2, 0) is 32.4 Å². The van der Waals surface area contributed by atoms with Gasteiger partial charge in [-0.2, -0.15) is 5.10 Å². The third-order valence-corrected chi connectivity index (χ3v) is 3.76. The molecule has 0 atom stereocenters. The monoisotopic (exact) mass is 272 g/mol. The van der Waals surface area contributed by atoms with Crippen LogP contribution in [0.4, 0.5) is 0 Å². The average molecular weight is 272 g/mol. The molecule has 0 bridgehead atoms. The summed E-state index contributed by atoms with van der Waals surface area (Å²) in [4.78, 5) is 0. The molecule has 2 aromatic rings. The highest BCUT2D eigenvalue weighted by atomic mass is 16.3. The van der Waals surface area contributed by atoms with Gasteiger partial charge >= 0.3 is 0 Å². The SMILES string of the molecule is CCc1nn(CCCc2ccccc2)c(CC)c1CO. The number of hydrogen-bond acceptors (Lipinski definition) is 2. The molecule has 0 amide bonds. The van der Waals surface area contributed by atoms with E-state index in [2.05, 4.69) is 47.9 Å². The summed E-state index contributed by atoms with van der Waals surface area (Å²) >= 11 is 0. The molecule has 0 spiro atoms. The molecule has 3 nitrogen and oxygen atoms in total. The summed E-state index contributed by atoms with van der Waals surface area (Å²) in [5, 5.41) is 14.2. The predicted octanol–water partition coefficient (Wildman–Crippen LogP) is 3.13. The Bertz CT molecular complexity index is 531. The van der Waals surface area contributed by atoms with Gasteiger partial charge in [-0.3, -0.25) is 4.68 Å². The van der Waals surface area contributed by atoms with E-state index in [0.717, 1.165) is 43.5 Å². The molecule has 108 valence electrons. The molecule has 1 N–H and O–H groups in total. The van der Waals surface area contributed by atoms with Crippen molar-refractivity contribution in [2.75, 3.05) is 0 Å². The average Bonchev–Trinajstić information content (AvgIpc) is 2.85. The minimum atomic E-state index is 0.102. The predicted molar refractivity (Wildman–Crippen MR) is 81.7 cm³/mol. The van der Waals surface area contributed by atoms with Crippen LogP contribution in [0.25, 0.3) is 0 Å². The molecule has 0 aliphatic heterocycles. The molecule has 0 saturated carbocycles. The van der Waals surface area contributed by atoms with Gasteiger partial charge in [0.15, 0.2) is 0 Å². The first-order valence-corrected chi connectivity index (χ1v) is 7.52. The Morgan fingerprint density at radius 1 is 1.10 bits per heavy atom. The lowest BCUT2D eigenvalue weighted by molar-refractivity contribution is 0.279. The maximum absolute atomic E-state index is 9.52. The molecule has 1 heterocycles. The second kappa shape index (κ2) is 7.25. The largest absolute Gasteiger partial charge is 0.392 e. The van der Waals surface area contributed by atoms with Crippen LogP contribution in [0.1, 0.15) is 42.8 Å². The third kappa shape index (κ3) is 3.28. The molecule has 2 rings (SSSR count). The van der Waals surface area contributed by atoms with E-state index in [9.17, 15) is 5.11 Å². The number of aliphatic hydroxyl groups is 1. The normalized spacial score (nSPS) is 10.9. The molecule has 0 aliphatic carbocycles. The van der Waals surface area contributed by atoms with Crippen LogP contribution < -0.4 is 0 Å².